The molecule has 0 aliphatic heterocycles. The van der Waals surface area contributed by atoms with E-state index in [0.29, 0.717) is 0 Å². The number of aliphatic carboxylic acids is 1. The summed E-state index contributed by atoms with van der Waals surface area (Å²) >= 11 is 0. The molecule has 1 rings (SSSR count). The van der Waals surface area contributed by atoms with Gasteiger partial charge in [0.1, 0.15) is 11.4 Å². The van der Waals surface area contributed by atoms with Crippen LogP contribution in [0, 0.1) is 5.82 Å². The zero-order valence-electron chi connectivity index (χ0n) is 10.1. The van der Waals surface area contributed by atoms with Crippen molar-refractivity contribution in [2.24, 2.45) is 0 Å². The third-order valence-electron chi connectivity index (χ3n) is 2.82. The van der Waals surface area contributed by atoms with Crippen LogP contribution in [0.2, 0.25) is 0 Å². The first-order valence-electron chi connectivity index (χ1n) is 5.53. The lowest BCUT2D eigenvalue weighted by molar-refractivity contribution is -0.151. The van der Waals surface area contributed by atoms with Gasteiger partial charge in [0.05, 0.1) is 6.54 Å². The third-order valence-corrected chi connectivity index (χ3v) is 2.82. The molecule has 0 amide bonds. The molecule has 0 bridgehead atoms. The molecule has 7 heteroatoms. The fourth-order valence-electron chi connectivity index (χ4n) is 1.81. The molecule has 0 aliphatic rings. The van der Waals surface area contributed by atoms with E-state index in [-0.39, 0.29) is 12.0 Å². The van der Waals surface area contributed by atoms with Crippen LogP contribution in [0.15, 0.2) is 24.3 Å². The number of halogens is 4. The van der Waals surface area contributed by atoms with Crippen LogP contribution in [0.3, 0.4) is 0 Å². The number of alkyl halides is 3. The third kappa shape index (κ3) is 3.44. The van der Waals surface area contributed by atoms with Crippen molar-refractivity contribution < 1.29 is 27.5 Å². The lowest BCUT2D eigenvalue weighted by Gasteiger charge is -2.30. The van der Waals surface area contributed by atoms with Gasteiger partial charge >= 0.3 is 12.1 Å². The maximum Gasteiger partial charge on any atom is 0.401 e. The molecule has 0 saturated heterocycles. The monoisotopic (exact) mass is 279 g/mol. The van der Waals surface area contributed by atoms with Crippen LogP contribution in [0.5, 0.6) is 0 Å². The van der Waals surface area contributed by atoms with Crippen LogP contribution in [0.4, 0.5) is 17.6 Å². The second-order valence-corrected chi connectivity index (χ2v) is 4.01. The molecule has 1 unspecified atom stereocenters. The summed E-state index contributed by atoms with van der Waals surface area (Å²) in [7, 11) is 0. The van der Waals surface area contributed by atoms with E-state index in [1.54, 1.807) is 0 Å². The summed E-state index contributed by atoms with van der Waals surface area (Å²) in [5.41, 5.74) is -2.41. The number of carbonyl (C=O) groups is 1. The maximum atomic E-state index is 13.7. The lowest BCUT2D eigenvalue weighted by Crippen LogP contribution is -2.52. The largest absolute Gasteiger partial charge is 0.480 e. The molecule has 0 radical (unpaired) electrons. The minimum atomic E-state index is -4.58. The summed E-state index contributed by atoms with van der Waals surface area (Å²) in [5, 5.41) is 11.1. The zero-order valence-corrected chi connectivity index (χ0v) is 10.1. The van der Waals surface area contributed by atoms with Crippen molar-refractivity contribution in [3.8, 4) is 0 Å². The second kappa shape index (κ2) is 5.56. The summed E-state index contributed by atoms with van der Waals surface area (Å²) in [6.07, 6.45) is -4.81. The number of benzene rings is 1. The molecule has 1 atom stereocenters. The molecule has 106 valence electrons. The van der Waals surface area contributed by atoms with Gasteiger partial charge in [0, 0.05) is 5.56 Å². The predicted octanol–water partition coefficient (Wildman–Crippen LogP) is 2.67. The van der Waals surface area contributed by atoms with Crippen LogP contribution in [0.25, 0.3) is 0 Å². The maximum absolute atomic E-state index is 13.7. The predicted molar refractivity (Wildman–Crippen MR) is 60.1 cm³/mol. The molecule has 0 aliphatic carbocycles. The van der Waals surface area contributed by atoms with Gasteiger partial charge in [0.15, 0.2) is 0 Å². The minimum Gasteiger partial charge on any atom is -0.480 e. The first kappa shape index (κ1) is 15.4. The molecule has 0 aromatic heterocycles. The van der Waals surface area contributed by atoms with Gasteiger partial charge in [-0.1, -0.05) is 25.1 Å². The van der Waals surface area contributed by atoms with Crippen molar-refractivity contribution in [3.05, 3.63) is 35.6 Å². The second-order valence-electron chi connectivity index (χ2n) is 4.01. The molecule has 0 heterocycles. The first-order valence-corrected chi connectivity index (χ1v) is 5.53. The Labute approximate surface area is 107 Å². The first-order chi connectivity index (χ1) is 8.73. The summed E-state index contributed by atoms with van der Waals surface area (Å²) in [5.74, 6) is -2.41. The topological polar surface area (TPSA) is 49.3 Å². The molecule has 1 aromatic carbocycles. The van der Waals surface area contributed by atoms with Gasteiger partial charge in [-0.25, -0.2) is 9.18 Å². The van der Waals surface area contributed by atoms with Gasteiger partial charge in [-0.05, 0) is 12.5 Å². The van der Waals surface area contributed by atoms with Crippen LogP contribution in [-0.2, 0) is 10.3 Å². The van der Waals surface area contributed by atoms with E-state index in [1.165, 1.54) is 19.1 Å². The van der Waals surface area contributed by atoms with Crippen LogP contribution < -0.4 is 5.32 Å². The fourth-order valence-corrected chi connectivity index (χ4v) is 1.81. The fraction of sp³-hybridized carbons (Fsp3) is 0.417. The average molecular weight is 279 g/mol. The van der Waals surface area contributed by atoms with Gasteiger partial charge in [-0.3, -0.25) is 5.32 Å². The molecule has 19 heavy (non-hydrogen) atoms. The summed E-state index contributed by atoms with van der Waals surface area (Å²) in [6, 6.07) is 4.89. The van der Waals surface area contributed by atoms with Gasteiger partial charge in [-0.2, -0.15) is 13.2 Å². The van der Waals surface area contributed by atoms with Gasteiger partial charge in [0.2, 0.25) is 0 Å². The smallest absolute Gasteiger partial charge is 0.401 e. The van der Waals surface area contributed by atoms with Crippen molar-refractivity contribution >= 4 is 5.97 Å². The normalized spacial score (nSPS) is 15.0. The highest BCUT2D eigenvalue weighted by Crippen LogP contribution is 2.29. The molecule has 1 aromatic rings. The van der Waals surface area contributed by atoms with Crippen molar-refractivity contribution in [2.75, 3.05) is 6.54 Å². The molecule has 0 saturated carbocycles. The van der Waals surface area contributed by atoms with Crippen molar-refractivity contribution in [3.63, 3.8) is 0 Å². The molecule has 2 N–H and O–H groups in total. The summed E-state index contributed by atoms with van der Waals surface area (Å²) < 4.78 is 50.4. The molecule has 3 nitrogen and oxygen atoms in total. The van der Waals surface area contributed by atoms with Crippen LogP contribution >= 0.6 is 0 Å². The number of nitrogens with one attached hydrogen (secondary N) is 1. The number of carboxylic acids is 1. The number of carboxylic acid groups (broad SMARTS) is 1. The number of rotatable bonds is 5. The van der Waals surface area contributed by atoms with Gasteiger partial charge < -0.3 is 5.11 Å². The standard InChI is InChI=1S/C12H13F4NO2/c1-2-11(10(18)19,17-7-12(14,15)16)8-5-3-4-6-9(8)13/h3-6,17H,2,7H2,1H3,(H,18,19). The van der Waals surface area contributed by atoms with Gasteiger partial charge in [-0.15, -0.1) is 0 Å². The molecule has 0 spiro atoms. The summed E-state index contributed by atoms with van der Waals surface area (Å²) in [6.45, 7) is -0.134. The Balaban J connectivity index is 3.20. The lowest BCUT2D eigenvalue weighted by atomic mass is 9.86. The Morgan fingerprint density at radius 1 is 1.32 bits per heavy atom. The Morgan fingerprint density at radius 2 is 1.89 bits per heavy atom. The summed E-state index contributed by atoms with van der Waals surface area (Å²) in [4.78, 5) is 11.3. The Bertz CT molecular complexity index is 461. The number of hydrogen-bond donors (Lipinski definition) is 2. The molecular weight excluding hydrogens is 266 g/mol. The van der Waals surface area contributed by atoms with E-state index in [2.05, 4.69) is 0 Å². The van der Waals surface area contributed by atoms with E-state index in [9.17, 15) is 27.5 Å². The van der Waals surface area contributed by atoms with E-state index in [0.717, 1.165) is 12.1 Å². The average Bonchev–Trinajstić information content (AvgIpc) is 2.30. The Morgan fingerprint density at radius 3 is 2.32 bits per heavy atom. The molecule has 0 fully saturated rings. The Hall–Kier alpha value is -1.63. The van der Waals surface area contributed by atoms with Crippen molar-refractivity contribution in [1.82, 2.24) is 5.32 Å². The van der Waals surface area contributed by atoms with Gasteiger partial charge in [0.25, 0.3) is 0 Å². The van der Waals surface area contributed by atoms with E-state index in [1.807, 2.05) is 5.32 Å². The van der Waals surface area contributed by atoms with Crippen molar-refractivity contribution in [1.29, 1.82) is 0 Å². The van der Waals surface area contributed by atoms with E-state index in [4.69, 9.17) is 0 Å². The van der Waals surface area contributed by atoms with Crippen LogP contribution in [-0.4, -0.2) is 23.8 Å². The minimum absolute atomic E-state index is 0.223. The molecular formula is C12H13F4NO2. The highest BCUT2D eigenvalue weighted by Gasteiger charge is 2.43. The highest BCUT2D eigenvalue weighted by molar-refractivity contribution is 5.80. The van der Waals surface area contributed by atoms with Crippen molar-refractivity contribution in [2.45, 2.75) is 25.1 Å². The van der Waals surface area contributed by atoms with E-state index >= 15 is 0 Å². The zero-order chi connectivity index (χ0) is 14.7. The Kier molecular flexibility index (Phi) is 4.52. The highest BCUT2D eigenvalue weighted by atomic mass is 19.4. The number of hydrogen-bond acceptors (Lipinski definition) is 2. The van der Waals surface area contributed by atoms with Crippen LogP contribution in [0.1, 0.15) is 18.9 Å². The van der Waals surface area contributed by atoms with E-state index < -0.39 is 30.0 Å². The quantitative estimate of drug-likeness (QED) is 0.815. The SMILES string of the molecule is CCC(NCC(F)(F)F)(C(=O)O)c1ccccc1F.